The van der Waals surface area contributed by atoms with Crippen LogP contribution in [-0.2, 0) is 0 Å². The van der Waals surface area contributed by atoms with Gasteiger partial charge >= 0.3 is 0 Å². The van der Waals surface area contributed by atoms with Crippen molar-refractivity contribution in [2.45, 2.75) is 82.0 Å². The molecule has 1 N–H and O–H groups in total. The SMILES string of the molecule is CC(C)[C@@H]1CC[C@@](C)(O)[C@@H]2CC[C@@]3(C)[C@H](Br)C[C@@H](Br)[C@H](C)[C@@H]3C12. The molecule has 9 atom stereocenters. The highest BCUT2D eigenvalue weighted by Crippen LogP contribution is 2.65. The molecule has 3 fully saturated rings. The van der Waals surface area contributed by atoms with E-state index in [1.165, 1.54) is 25.7 Å². The Hall–Kier alpha value is 0.920. The predicted octanol–water partition coefficient (Wildman–Crippen LogP) is 6.02. The summed E-state index contributed by atoms with van der Waals surface area (Å²) < 4.78 is 0. The zero-order valence-electron chi connectivity index (χ0n) is 15.4. The second-order valence-electron chi connectivity index (χ2n) is 9.64. The topological polar surface area (TPSA) is 20.2 Å². The molecule has 1 unspecified atom stereocenters. The normalized spacial score (nSPS) is 57.0. The summed E-state index contributed by atoms with van der Waals surface area (Å²) in [6.45, 7) is 11.9. The minimum atomic E-state index is -0.460. The molecule has 0 heterocycles. The van der Waals surface area contributed by atoms with Crippen molar-refractivity contribution in [2.75, 3.05) is 0 Å². The molecular weight excluding hydrogens is 416 g/mol. The first-order valence-corrected chi connectivity index (χ1v) is 11.4. The first-order chi connectivity index (χ1) is 10.6. The molecule has 0 aromatic rings. The lowest BCUT2D eigenvalue weighted by Gasteiger charge is -2.64. The van der Waals surface area contributed by atoms with Crippen molar-refractivity contribution in [2.24, 2.45) is 40.9 Å². The van der Waals surface area contributed by atoms with Crippen molar-refractivity contribution >= 4 is 31.9 Å². The van der Waals surface area contributed by atoms with Crippen LogP contribution in [0.5, 0.6) is 0 Å². The van der Waals surface area contributed by atoms with Gasteiger partial charge in [0, 0.05) is 9.65 Å². The molecule has 3 heteroatoms. The molecule has 0 amide bonds. The van der Waals surface area contributed by atoms with Crippen molar-refractivity contribution in [1.82, 2.24) is 0 Å². The molecule has 0 bridgehead atoms. The molecule has 0 aliphatic heterocycles. The van der Waals surface area contributed by atoms with Crippen molar-refractivity contribution in [3.63, 3.8) is 0 Å². The highest BCUT2D eigenvalue weighted by Gasteiger charge is 2.61. The van der Waals surface area contributed by atoms with Crippen LogP contribution in [0.15, 0.2) is 0 Å². The third-order valence-electron chi connectivity index (χ3n) is 8.05. The summed E-state index contributed by atoms with van der Waals surface area (Å²) in [5.74, 6) is 4.05. The maximum absolute atomic E-state index is 11.1. The predicted molar refractivity (Wildman–Crippen MR) is 105 cm³/mol. The number of hydrogen-bond donors (Lipinski definition) is 1. The number of halogens is 2. The lowest BCUT2D eigenvalue weighted by molar-refractivity contribution is -0.167. The van der Waals surface area contributed by atoms with Gasteiger partial charge in [0.25, 0.3) is 0 Å². The summed E-state index contributed by atoms with van der Waals surface area (Å²) in [5.41, 5.74) is -0.0798. The molecule has 3 saturated carbocycles. The van der Waals surface area contributed by atoms with Gasteiger partial charge in [0.1, 0.15) is 0 Å². The Balaban J connectivity index is 2.04. The maximum atomic E-state index is 11.1. The van der Waals surface area contributed by atoms with Gasteiger partial charge < -0.3 is 5.11 Å². The molecular formula is C20H34Br2O. The third-order valence-corrected chi connectivity index (χ3v) is 10.7. The van der Waals surface area contributed by atoms with E-state index in [0.717, 1.165) is 18.3 Å². The van der Waals surface area contributed by atoms with Gasteiger partial charge in [-0.1, -0.05) is 59.6 Å². The van der Waals surface area contributed by atoms with E-state index >= 15 is 0 Å². The Kier molecular flexibility index (Phi) is 5.10. The van der Waals surface area contributed by atoms with E-state index < -0.39 is 5.60 Å². The maximum Gasteiger partial charge on any atom is 0.0650 e. The van der Waals surface area contributed by atoms with Crippen LogP contribution in [0.4, 0.5) is 0 Å². The van der Waals surface area contributed by atoms with Crippen LogP contribution in [0, 0.1) is 40.9 Å². The van der Waals surface area contributed by atoms with Crippen molar-refractivity contribution in [3.8, 4) is 0 Å². The van der Waals surface area contributed by atoms with Crippen molar-refractivity contribution < 1.29 is 5.11 Å². The Morgan fingerprint density at radius 2 is 1.74 bits per heavy atom. The summed E-state index contributed by atoms with van der Waals surface area (Å²) >= 11 is 8.05. The largest absolute Gasteiger partial charge is 0.390 e. The number of alkyl halides is 2. The third kappa shape index (κ3) is 2.89. The molecule has 0 aromatic heterocycles. The van der Waals surface area contributed by atoms with Gasteiger partial charge in [-0.2, -0.15) is 0 Å². The first kappa shape index (κ1) is 18.7. The fourth-order valence-electron chi connectivity index (χ4n) is 6.64. The van der Waals surface area contributed by atoms with E-state index in [1.807, 2.05) is 0 Å². The van der Waals surface area contributed by atoms with E-state index in [2.05, 4.69) is 66.5 Å². The van der Waals surface area contributed by atoms with Crippen LogP contribution in [0.1, 0.15) is 66.7 Å². The summed E-state index contributed by atoms with van der Waals surface area (Å²) in [4.78, 5) is 1.20. The monoisotopic (exact) mass is 448 g/mol. The standard InChI is InChI=1S/C20H34Br2O/c1-11(2)13-6-9-20(5,23)14-7-8-19(4)16(22)10-15(21)12(3)18(19)17(13)14/h11-18,23H,6-10H2,1-5H3/t12-,13-,14+,15+,16+,17?,18+,19-,20+/m0/s1. The van der Waals surface area contributed by atoms with Crippen LogP contribution in [0.3, 0.4) is 0 Å². The lowest BCUT2D eigenvalue weighted by Crippen LogP contribution is -2.61. The zero-order chi connectivity index (χ0) is 17.2. The Morgan fingerprint density at radius 1 is 1.09 bits per heavy atom. The molecule has 3 rings (SSSR count). The fourth-order valence-corrected chi connectivity index (χ4v) is 8.78. The van der Waals surface area contributed by atoms with E-state index in [1.54, 1.807) is 0 Å². The van der Waals surface area contributed by atoms with E-state index in [9.17, 15) is 5.11 Å². The van der Waals surface area contributed by atoms with Crippen LogP contribution in [0.2, 0.25) is 0 Å². The minimum Gasteiger partial charge on any atom is -0.390 e. The Bertz CT molecular complexity index is 449. The molecule has 3 aliphatic carbocycles. The number of aliphatic hydroxyl groups is 1. The molecule has 1 nitrogen and oxygen atoms in total. The molecule has 134 valence electrons. The van der Waals surface area contributed by atoms with E-state index in [-0.39, 0.29) is 0 Å². The summed E-state index contributed by atoms with van der Waals surface area (Å²) in [6.07, 6.45) is 5.89. The summed E-state index contributed by atoms with van der Waals surface area (Å²) in [5, 5.41) is 11.1. The van der Waals surface area contributed by atoms with Gasteiger partial charge in [0.2, 0.25) is 0 Å². The Labute approximate surface area is 159 Å². The molecule has 23 heavy (non-hydrogen) atoms. The van der Waals surface area contributed by atoms with Gasteiger partial charge in [-0.25, -0.2) is 0 Å². The van der Waals surface area contributed by atoms with Crippen LogP contribution in [0.25, 0.3) is 0 Å². The van der Waals surface area contributed by atoms with Gasteiger partial charge in [-0.3, -0.25) is 0 Å². The first-order valence-electron chi connectivity index (χ1n) is 9.60. The molecule has 0 spiro atoms. The molecule has 0 saturated heterocycles. The second kappa shape index (κ2) is 6.27. The van der Waals surface area contributed by atoms with Gasteiger partial charge in [-0.05, 0) is 80.0 Å². The fraction of sp³-hybridized carbons (Fsp3) is 1.00. The number of fused-ring (bicyclic) bond motifs is 3. The zero-order valence-corrected chi connectivity index (χ0v) is 18.5. The average molecular weight is 450 g/mol. The van der Waals surface area contributed by atoms with Gasteiger partial charge in [0.05, 0.1) is 5.60 Å². The van der Waals surface area contributed by atoms with E-state index in [4.69, 9.17) is 0 Å². The minimum absolute atomic E-state index is 0.380. The van der Waals surface area contributed by atoms with Crippen LogP contribution < -0.4 is 0 Å². The molecule has 0 aromatic carbocycles. The lowest BCUT2D eigenvalue weighted by atomic mass is 9.44. The van der Waals surface area contributed by atoms with Crippen molar-refractivity contribution in [3.05, 3.63) is 0 Å². The van der Waals surface area contributed by atoms with Crippen molar-refractivity contribution in [1.29, 1.82) is 0 Å². The van der Waals surface area contributed by atoms with Crippen LogP contribution in [-0.4, -0.2) is 20.4 Å². The molecule has 0 radical (unpaired) electrons. The summed E-state index contributed by atoms with van der Waals surface area (Å²) in [6, 6.07) is 0. The van der Waals surface area contributed by atoms with E-state index in [0.29, 0.717) is 38.7 Å². The molecule has 3 aliphatic rings. The van der Waals surface area contributed by atoms with Gasteiger partial charge in [-0.15, -0.1) is 0 Å². The average Bonchev–Trinajstić information content (AvgIpc) is 2.44. The number of rotatable bonds is 1. The number of hydrogen-bond acceptors (Lipinski definition) is 1. The van der Waals surface area contributed by atoms with Gasteiger partial charge in [0.15, 0.2) is 0 Å². The Morgan fingerprint density at radius 3 is 2.35 bits per heavy atom. The smallest absolute Gasteiger partial charge is 0.0650 e. The highest BCUT2D eigenvalue weighted by molar-refractivity contribution is 9.10. The quantitative estimate of drug-likeness (QED) is 0.485. The second-order valence-corrected chi connectivity index (χ2v) is 11.9. The summed E-state index contributed by atoms with van der Waals surface area (Å²) in [7, 11) is 0. The highest BCUT2D eigenvalue weighted by atomic mass is 79.9. The van der Waals surface area contributed by atoms with Crippen LogP contribution >= 0.6 is 31.9 Å².